The third kappa shape index (κ3) is 6.02. The number of imidazole rings is 1. The Morgan fingerprint density at radius 1 is 1.08 bits per heavy atom. The number of pyridine rings is 2. The van der Waals surface area contributed by atoms with Crippen LogP contribution in [-0.2, 0) is 17.8 Å². The largest absolute Gasteiger partial charge is 0.478 e. The molecule has 1 unspecified atom stereocenters. The highest BCUT2D eigenvalue weighted by Gasteiger charge is 2.39. The number of aromatic nitrogens is 7. The van der Waals surface area contributed by atoms with Crippen LogP contribution >= 0.6 is 11.6 Å². The summed E-state index contributed by atoms with van der Waals surface area (Å²) >= 11 is 6.35. The normalized spacial score (nSPS) is 15.5. The zero-order chi connectivity index (χ0) is 35.3. The van der Waals surface area contributed by atoms with Crippen LogP contribution in [0.4, 0.5) is 17.6 Å². The minimum atomic E-state index is -1.48. The fourth-order valence-corrected chi connectivity index (χ4v) is 6.10. The van der Waals surface area contributed by atoms with E-state index in [4.69, 9.17) is 21.1 Å². The van der Waals surface area contributed by atoms with Gasteiger partial charge in [0.2, 0.25) is 0 Å². The fraction of sp³-hybridized carbons (Fsp3) is 0.235. The van der Waals surface area contributed by atoms with E-state index >= 15 is 13.2 Å². The highest BCUT2D eigenvalue weighted by Crippen LogP contribution is 2.41. The summed E-state index contributed by atoms with van der Waals surface area (Å²) in [6, 6.07) is 8.26. The van der Waals surface area contributed by atoms with Crippen LogP contribution in [0.15, 0.2) is 61.1 Å². The molecule has 0 aliphatic carbocycles. The van der Waals surface area contributed by atoms with E-state index in [1.165, 1.54) is 41.3 Å². The van der Waals surface area contributed by atoms with Crippen molar-refractivity contribution in [3.8, 4) is 23.0 Å². The van der Waals surface area contributed by atoms with Gasteiger partial charge in [-0.25, -0.2) is 42.0 Å². The standard InChI is InChI=1S/C34H26ClF4N7O4/c1-34(2)16-49-15-27(34)46-26-9-17(33(47)48)3-5-25(26)42-29(46)11-19-23(37)10-20(31(39)30(19)38)24-6-4-22(36)32(43-24)50-14-18-13-40-28(12-21(18)35)45-8-7-41-44-45/h3-10,12-13,27H,11,14-16H2,1-2H3,(H,47,48). The van der Waals surface area contributed by atoms with E-state index in [1.54, 1.807) is 10.8 Å². The predicted molar refractivity (Wildman–Crippen MR) is 171 cm³/mol. The molecule has 50 heavy (non-hydrogen) atoms. The quantitative estimate of drug-likeness (QED) is 0.128. The first-order valence-electron chi connectivity index (χ1n) is 15.2. The molecule has 1 N–H and O–H groups in total. The Morgan fingerprint density at radius 2 is 1.90 bits per heavy atom. The van der Waals surface area contributed by atoms with Gasteiger partial charge >= 0.3 is 5.97 Å². The molecule has 4 aromatic heterocycles. The maximum absolute atomic E-state index is 15.8. The molecule has 5 heterocycles. The maximum Gasteiger partial charge on any atom is 0.335 e. The molecule has 1 aliphatic rings. The summed E-state index contributed by atoms with van der Waals surface area (Å²) in [4.78, 5) is 24.5. The second-order valence-corrected chi connectivity index (χ2v) is 12.8. The summed E-state index contributed by atoms with van der Waals surface area (Å²) in [5, 5.41) is 17.4. The summed E-state index contributed by atoms with van der Waals surface area (Å²) < 4.78 is 76.3. The fourth-order valence-electron chi connectivity index (χ4n) is 5.90. The van der Waals surface area contributed by atoms with Crippen molar-refractivity contribution in [3.63, 3.8) is 0 Å². The zero-order valence-corrected chi connectivity index (χ0v) is 27.1. The number of ether oxygens (including phenoxy) is 2. The number of carbonyl (C=O) groups is 1. The van der Waals surface area contributed by atoms with Gasteiger partial charge in [-0.3, -0.25) is 0 Å². The van der Waals surface area contributed by atoms with E-state index in [1.807, 2.05) is 13.8 Å². The Balaban J connectivity index is 1.19. The van der Waals surface area contributed by atoms with Gasteiger partial charge in [0.25, 0.3) is 5.88 Å². The van der Waals surface area contributed by atoms with Crippen molar-refractivity contribution in [2.75, 3.05) is 13.2 Å². The summed E-state index contributed by atoms with van der Waals surface area (Å²) in [5.41, 5.74) is -0.677. The molecule has 1 saturated heterocycles. The first-order valence-corrected chi connectivity index (χ1v) is 15.6. The number of halogens is 5. The van der Waals surface area contributed by atoms with Crippen molar-refractivity contribution in [1.29, 1.82) is 0 Å². The molecule has 6 aromatic rings. The molecule has 0 bridgehead atoms. The molecule has 1 aliphatic heterocycles. The van der Waals surface area contributed by atoms with Crippen LogP contribution in [0.1, 0.15) is 47.2 Å². The summed E-state index contributed by atoms with van der Waals surface area (Å²) in [6.45, 7) is 4.26. The highest BCUT2D eigenvalue weighted by atomic mass is 35.5. The van der Waals surface area contributed by atoms with Crippen LogP contribution in [0, 0.1) is 28.7 Å². The SMILES string of the molecule is CC1(C)COCC1n1c(Cc2c(F)cc(-c3ccc(F)c(OCc4cnc(-n5ccnn5)cc4Cl)n3)c(F)c2F)nc2ccc(C(=O)O)cc21. The van der Waals surface area contributed by atoms with Crippen molar-refractivity contribution < 1.29 is 36.9 Å². The van der Waals surface area contributed by atoms with E-state index < -0.39 is 58.1 Å². The first kappa shape index (κ1) is 33.1. The molecule has 2 aromatic carbocycles. The Bertz CT molecular complexity index is 2280. The van der Waals surface area contributed by atoms with Gasteiger partial charge in [-0.05, 0) is 36.4 Å². The number of aromatic carboxylic acids is 1. The van der Waals surface area contributed by atoms with Crippen LogP contribution in [-0.4, -0.2) is 58.8 Å². The van der Waals surface area contributed by atoms with Crippen LogP contribution in [0.2, 0.25) is 5.02 Å². The lowest BCUT2D eigenvalue weighted by atomic mass is 9.87. The zero-order valence-electron chi connectivity index (χ0n) is 26.4. The number of carboxylic acids is 1. The van der Waals surface area contributed by atoms with E-state index in [9.17, 15) is 14.3 Å². The van der Waals surface area contributed by atoms with E-state index in [2.05, 4.69) is 25.3 Å². The number of hydrogen-bond acceptors (Lipinski definition) is 8. The molecular formula is C34H26ClF4N7O4. The van der Waals surface area contributed by atoms with Crippen LogP contribution < -0.4 is 4.74 Å². The summed E-state index contributed by atoms with van der Waals surface area (Å²) in [6.07, 6.45) is 3.96. The Kier molecular flexibility index (Phi) is 8.48. The van der Waals surface area contributed by atoms with Crippen LogP contribution in [0.3, 0.4) is 0 Å². The summed E-state index contributed by atoms with van der Waals surface area (Å²) in [5.74, 6) is -6.03. The van der Waals surface area contributed by atoms with Gasteiger partial charge in [0.05, 0.1) is 59.0 Å². The lowest BCUT2D eigenvalue weighted by Crippen LogP contribution is -2.27. The van der Waals surface area contributed by atoms with Gasteiger partial charge in [0.15, 0.2) is 23.3 Å². The third-order valence-corrected chi connectivity index (χ3v) is 8.94. The molecule has 11 nitrogen and oxygen atoms in total. The molecule has 0 spiro atoms. The van der Waals surface area contributed by atoms with Crippen LogP contribution in [0.25, 0.3) is 28.1 Å². The molecule has 0 radical (unpaired) electrons. The maximum atomic E-state index is 15.8. The molecular weight excluding hydrogens is 682 g/mol. The topological polar surface area (TPSA) is 130 Å². The lowest BCUT2D eigenvalue weighted by molar-refractivity contribution is 0.0697. The number of benzene rings is 2. The first-order chi connectivity index (χ1) is 23.9. The second-order valence-electron chi connectivity index (χ2n) is 12.4. The van der Waals surface area contributed by atoms with Crippen LogP contribution in [0.5, 0.6) is 5.88 Å². The van der Waals surface area contributed by atoms with E-state index in [-0.39, 0.29) is 41.4 Å². The number of carboxylic acid groups (broad SMARTS) is 1. The van der Waals surface area contributed by atoms with Crippen molar-refractivity contribution >= 4 is 28.6 Å². The van der Waals surface area contributed by atoms with Crippen molar-refractivity contribution in [3.05, 3.63) is 112 Å². The molecule has 7 rings (SSSR count). The van der Waals surface area contributed by atoms with Crippen molar-refractivity contribution in [2.45, 2.75) is 32.9 Å². The van der Waals surface area contributed by atoms with Gasteiger partial charge in [0.1, 0.15) is 18.2 Å². The smallest absolute Gasteiger partial charge is 0.335 e. The van der Waals surface area contributed by atoms with Gasteiger partial charge < -0.3 is 19.1 Å². The molecule has 1 fully saturated rings. The Morgan fingerprint density at radius 3 is 2.60 bits per heavy atom. The molecule has 16 heteroatoms. The number of fused-ring (bicyclic) bond motifs is 1. The lowest BCUT2D eigenvalue weighted by Gasteiger charge is -2.28. The average Bonchev–Trinajstić information content (AvgIpc) is 3.83. The van der Waals surface area contributed by atoms with Gasteiger partial charge in [-0.15, -0.1) is 5.10 Å². The highest BCUT2D eigenvalue weighted by molar-refractivity contribution is 6.31. The predicted octanol–water partition coefficient (Wildman–Crippen LogP) is 6.75. The average molecular weight is 708 g/mol. The molecule has 256 valence electrons. The third-order valence-electron chi connectivity index (χ3n) is 8.59. The van der Waals surface area contributed by atoms with Crippen molar-refractivity contribution in [2.24, 2.45) is 5.41 Å². The number of hydrogen-bond donors (Lipinski definition) is 1. The van der Waals surface area contributed by atoms with Crippen molar-refractivity contribution in [1.82, 2.24) is 34.5 Å². The Labute approximate surface area is 286 Å². The molecule has 0 amide bonds. The monoisotopic (exact) mass is 707 g/mol. The van der Waals surface area contributed by atoms with E-state index in [0.717, 1.165) is 18.2 Å². The molecule has 1 atom stereocenters. The summed E-state index contributed by atoms with van der Waals surface area (Å²) in [7, 11) is 0. The van der Waals surface area contributed by atoms with E-state index in [0.29, 0.717) is 29.0 Å². The molecule has 0 saturated carbocycles. The Hall–Kier alpha value is -5.41. The van der Waals surface area contributed by atoms with Gasteiger partial charge in [-0.2, -0.15) is 0 Å². The minimum absolute atomic E-state index is 0.00524. The van der Waals surface area contributed by atoms with Gasteiger partial charge in [0, 0.05) is 40.8 Å². The minimum Gasteiger partial charge on any atom is -0.478 e. The number of rotatable bonds is 9. The second kappa shape index (κ2) is 12.8. The van der Waals surface area contributed by atoms with Gasteiger partial charge in [-0.1, -0.05) is 30.7 Å². The number of nitrogens with zero attached hydrogens (tertiary/aromatic N) is 7.